The highest BCUT2D eigenvalue weighted by Gasteiger charge is 2.21. The number of carbonyl (C=O) groups is 2. The zero-order valence-electron chi connectivity index (χ0n) is 11.1. The molecule has 0 fully saturated rings. The van der Waals surface area contributed by atoms with E-state index < -0.39 is 11.9 Å². The van der Waals surface area contributed by atoms with Crippen LogP contribution in [0, 0.1) is 0 Å². The van der Waals surface area contributed by atoms with E-state index in [1.807, 2.05) is 35.0 Å². The summed E-state index contributed by atoms with van der Waals surface area (Å²) in [6.07, 6.45) is 0. The van der Waals surface area contributed by atoms with Crippen molar-refractivity contribution >= 4 is 34.6 Å². The smallest absolute Gasteiger partial charge is 0.336 e. The van der Waals surface area contributed by atoms with Crippen molar-refractivity contribution in [3.63, 3.8) is 0 Å². The lowest BCUT2D eigenvalue weighted by Gasteiger charge is -2.10. The molecule has 110 valence electrons. The molecule has 0 radical (unpaired) electrons. The lowest BCUT2D eigenvalue weighted by Crippen LogP contribution is -2.06. The molecule has 4 nitrogen and oxygen atoms in total. The van der Waals surface area contributed by atoms with Crippen LogP contribution in [0.4, 0.5) is 0 Å². The van der Waals surface area contributed by atoms with Gasteiger partial charge in [0.05, 0.1) is 11.1 Å². The molecule has 0 aliphatic heterocycles. The second-order valence-electron chi connectivity index (χ2n) is 4.51. The molecule has 0 saturated heterocycles. The van der Waals surface area contributed by atoms with Gasteiger partial charge < -0.3 is 10.2 Å². The van der Waals surface area contributed by atoms with Gasteiger partial charge in [0.15, 0.2) is 0 Å². The Balaban J connectivity index is 2.32. The maximum absolute atomic E-state index is 11.5. The second kappa shape index (κ2) is 5.75. The first-order valence-corrected chi connectivity index (χ1v) is 8.06. The Morgan fingerprint density at radius 1 is 0.773 bits per heavy atom. The maximum atomic E-state index is 11.5. The van der Waals surface area contributed by atoms with E-state index >= 15 is 0 Å². The molecule has 6 heteroatoms. The van der Waals surface area contributed by atoms with Crippen molar-refractivity contribution in [2.75, 3.05) is 0 Å². The Bertz CT molecular complexity index is 766. The SMILES string of the molecule is O=C(O)c1cc(C(=O)O)c(-c2cccs2)cc1-c1cccs1. The fourth-order valence-electron chi connectivity index (χ4n) is 2.22. The van der Waals surface area contributed by atoms with Gasteiger partial charge in [-0.1, -0.05) is 12.1 Å². The van der Waals surface area contributed by atoms with E-state index in [4.69, 9.17) is 0 Å². The number of thiophene rings is 2. The zero-order valence-corrected chi connectivity index (χ0v) is 12.8. The van der Waals surface area contributed by atoms with Crippen LogP contribution in [0.25, 0.3) is 20.9 Å². The molecular formula is C16H10O4S2. The normalized spacial score (nSPS) is 10.5. The summed E-state index contributed by atoms with van der Waals surface area (Å²) in [4.78, 5) is 24.6. The summed E-state index contributed by atoms with van der Waals surface area (Å²) in [5, 5.41) is 22.5. The van der Waals surface area contributed by atoms with E-state index in [2.05, 4.69) is 0 Å². The lowest BCUT2D eigenvalue weighted by atomic mass is 9.96. The van der Waals surface area contributed by atoms with Crippen LogP contribution in [0.3, 0.4) is 0 Å². The molecule has 22 heavy (non-hydrogen) atoms. The Hall–Kier alpha value is -2.44. The highest BCUT2D eigenvalue weighted by atomic mass is 32.1. The molecule has 0 spiro atoms. The van der Waals surface area contributed by atoms with Crippen LogP contribution in [-0.4, -0.2) is 22.2 Å². The Labute approximate surface area is 133 Å². The summed E-state index contributed by atoms with van der Waals surface area (Å²) in [5.41, 5.74) is 1.08. The lowest BCUT2D eigenvalue weighted by molar-refractivity contribution is 0.0696. The summed E-state index contributed by atoms with van der Waals surface area (Å²) < 4.78 is 0. The number of carboxylic acids is 2. The van der Waals surface area contributed by atoms with Crippen molar-refractivity contribution in [2.45, 2.75) is 0 Å². The van der Waals surface area contributed by atoms with Gasteiger partial charge in [0.1, 0.15) is 0 Å². The molecule has 0 aliphatic rings. The van der Waals surface area contributed by atoms with Crippen LogP contribution in [-0.2, 0) is 0 Å². The first-order valence-electron chi connectivity index (χ1n) is 6.30. The van der Waals surface area contributed by atoms with Crippen molar-refractivity contribution < 1.29 is 19.8 Å². The topological polar surface area (TPSA) is 74.6 Å². The number of hydrogen-bond donors (Lipinski definition) is 2. The molecule has 0 atom stereocenters. The van der Waals surface area contributed by atoms with E-state index in [1.54, 1.807) is 6.07 Å². The van der Waals surface area contributed by atoms with Gasteiger partial charge in [0.25, 0.3) is 0 Å². The molecule has 2 heterocycles. The van der Waals surface area contributed by atoms with Gasteiger partial charge in [-0.3, -0.25) is 0 Å². The van der Waals surface area contributed by atoms with Gasteiger partial charge in [-0.2, -0.15) is 0 Å². The Morgan fingerprint density at radius 2 is 1.23 bits per heavy atom. The van der Waals surface area contributed by atoms with Crippen LogP contribution in [0.15, 0.2) is 47.2 Å². The minimum Gasteiger partial charge on any atom is -0.478 e. The third-order valence-corrected chi connectivity index (χ3v) is 5.00. The summed E-state index contributed by atoms with van der Waals surface area (Å²) in [6, 6.07) is 10.2. The highest BCUT2D eigenvalue weighted by Crippen LogP contribution is 2.36. The largest absolute Gasteiger partial charge is 0.478 e. The molecule has 0 unspecified atom stereocenters. The average Bonchev–Trinajstić information content (AvgIpc) is 3.19. The standard InChI is InChI=1S/C16H10O4S2/c17-15(18)11-8-12(16(19)20)10(14-4-2-6-22-14)7-9(11)13-3-1-5-21-13/h1-8H,(H,17,18)(H,19,20). The van der Waals surface area contributed by atoms with Crippen molar-refractivity contribution in [2.24, 2.45) is 0 Å². The molecule has 2 aromatic heterocycles. The van der Waals surface area contributed by atoms with Crippen LogP contribution >= 0.6 is 22.7 Å². The van der Waals surface area contributed by atoms with Gasteiger partial charge in [-0.05, 0) is 35.0 Å². The minimum atomic E-state index is -1.14. The van der Waals surface area contributed by atoms with Gasteiger partial charge >= 0.3 is 11.9 Å². The van der Waals surface area contributed by atoms with Crippen LogP contribution in [0.1, 0.15) is 20.7 Å². The van der Waals surface area contributed by atoms with Crippen LogP contribution in [0.5, 0.6) is 0 Å². The number of benzene rings is 1. The number of aromatic carboxylic acids is 2. The first-order chi connectivity index (χ1) is 10.6. The molecule has 0 saturated carbocycles. The molecule has 3 aromatic rings. The van der Waals surface area contributed by atoms with Crippen molar-refractivity contribution in [1.82, 2.24) is 0 Å². The number of carboxylic acid groups (broad SMARTS) is 2. The van der Waals surface area contributed by atoms with Gasteiger partial charge in [-0.15, -0.1) is 22.7 Å². The van der Waals surface area contributed by atoms with E-state index in [0.717, 1.165) is 9.75 Å². The second-order valence-corrected chi connectivity index (χ2v) is 6.40. The fourth-order valence-corrected chi connectivity index (χ4v) is 3.74. The maximum Gasteiger partial charge on any atom is 0.336 e. The van der Waals surface area contributed by atoms with Crippen LogP contribution < -0.4 is 0 Å². The van der Waals surface area contributed by atoms with Crippen molar-refractivity contribution in [1.29, 1.82) is 0 Å². The van der Waals surface area contributed by atoms with E-state index in [0.29, 0.717) is 11.1 Å². The van der Waals surface area contributed by atoms with E-state index in [1.165, 1.54) is 28.7 Å². The predicted molar refractivity (Wildman–Crippen MR) is 87.0 cm³/mol. The van der Waals surface area contributed by atoms with E-state index in [-0.39, 0.29) is 11.1 Å². The average molecular weight is 330 g/mol. The molecule has 2 N–H and O–H groups in total. The molecule has 0 amide bonds. The monoisotopic (exact) mass is 330 g/mol. The Morgan fingerprint density at radius 3 is 1.55 bits per heavy atom. The number of hydrogen-bond acceptors (Lipinski definition) is 4. The Kier molecular flexibility index (Phi) is 3.79. The van der Waals surface area contributed by atoms with Gasteiger partial charge in [0.2, 0.25) is 0 Å². The van der Waals surface area contributed by atoms with Gasteiger partial charge in [0, 0.05) is 20.9 Å². The first kappa shape index (κ1) is 14.5. The molecule has 1 aromatic carbocycles. The van der Waals surface area contributed by atoms with Crippen LogP contribution in [0.2, 0.25) is 0 Å². The third-order valence-electron chi connectivity index (χ3n) is 3.19. The summed E-state index contributed by atoms with van der Waals surface area (Å²) in [7, 11) is 0. The molecule has 3 rings (SSSR count). The third kappa shape index (κ3) is 2.54. The summed E-state index contributed by atoms with van der Waals surface area (Å²) >= 11 is 2.84. The van der Waals surface area contributed by atoms with E-state index in [9.17, 15) is 19.8 Å². The zero-order chi connectivity index (χ0) is 15.7. The minimum absolute atomic E-state index is 0.000145. The van der Waals surface area contributed by atoms with Crippen molar-refractivity contribution in [3.8, 4) is 20.9 Å². The highest BCUT2D eigenvalue weighted by molar-refractivity contribution is 7.14. The quantitative estimate of drug-likeness (QED) is 0.736. The van der Waals surface area contributed by atoms with Crippen molar-refractivity contribution in [3.05, 3.63) is 58.3 Å². The fraction of sp³-hybridized carbons (Fsp3) is 0. The predicted octanol–water partition coefficient (Wildman–Crippen LogP) is 4.54. The van der Waals surface area contributed by atoms with Gasteiger partial charge in [-0.25, -0.2) is 9.59 Å². The number of rotatable bonds is 4. The molecule has 0 bridgehead atoms. The molecular weight excluding hydrogens is 320 g/mol. The summed E-state index contributed by atoms with van der Waals surface area (Å²) in [6.45, 7) is 0. The summed E-state index contributed by atoms with van der Waals surface area (Å²) in [5.74, 6) is -2.27. The molecule has 0 aliphatic carbocycles.